The van der Waals surface area contributed by atoms with E-state index in [0.29, 0.717) is 5.84 Å². The number of rotatable bonds is 6. The maximum absolute atomic E-state index is 8.84. The van der Waals surface area contributed by atoms with E-state index in [9.17, 15) is 0 Å². The van der Waals surface area contributed by atoms with Gasteiger partial charge in [-0.15, -0.1) is 0 Å². The number of nitrogens with zero attached hydrogens (tertiary/aromatic N) is 2. The number of hydrogen-bond acceptors (Lipinski definition) is 1. The monoisotopic (exact) mass is 655 g/mol. The minimum absolute atomic E-state index is 0.0551. The number of nitrogens with one attached hydrogen (secondary N) is 1. The van der Waals surface area contributed by atoms with Crippen LogP contribution in [0.3, 0.4) is 0 Å². The molecule has 1 aliphatic rings. The van der Waals surface area contributed by atoms with Crippen LogP contribution >= 0.6 is 0 Å². The van der Waals surface area contributed by atoms with Crippen molar-refractivity contribution in [3.05, 3.63) is 204 Å². The van der Waals surface area contributed by atoms with Crippen LogP contribution in [0.1, 0.15) is 41.7 Å². The third-order valence-electron chi connectivity index (χ3n) is 9.83. The van der Waals surface area contributed by atoms with Gasteiger partial charge in [-0.3, -0.25) is 5.41 Å². The van der Waals surface area contributed by atoms with Crippen LogP contribution in [0.5, 0.6) is 0 Å². The molecule has 0 aromatic heterocycles. The van der Waals surface area contributed by atoms with Crippen LogP contribution in [0.15, 0.2) is 186 Å². The summed E-state index contributed by atoms with van der Waals surface area (Å²) in [4.78, 5) is 9.69. The van der Waals surface area contributed by atoms with Gasteiger partial charge in [-0.25, -0.2) is 9.98 Å². The zero-order chi connectivity index (χ0) is 34.8. The Balaban J connectivity index is 1.14. The van der Waals surface area contributed by atoms with E-state index in [-0.39, 0.29) is 11.3 Å². The van der Waals surface area contributed by atoms with Crippen LogP contribution in [0, 0.1) is 5.41 Å². The summed E-state index contributed by atoms with van der Waals surface area (Å²) in [6.45, 7) is 4.64. The number of hydrogen-bond donors (Lipinski definition) is 1. The molecule has 0 radical (unpaired) electrons. The van der Waals surface area contributed by atoms with Crippen molar-refractivity contribution in [3.8, 4) is 44.5 Å². The SMILES string of the molecule is CC1(C)c2ccccc2-c2ccc(-c3cccc(-c4cccc(C(N=Cc5cccc(-c6ccccc6)c5)=NC(=N)c5ccccc5)c4)c3)cc21. The molecule has 0 heterocycles. The minimum Gasteiger partial charge on any atom is -0.282 e. The van der Waals surface area contributed by atoms with E-state index >= 15 is 0 Å². The first kappa shape index (κ1) is 31.8. The fourth-order valence-electron chi connectivity index (χ4n) is 7.10. The quantitative estimate of drug-likeness (QED) is 0.137. The number of fused-ring (bicyclic) bond motifs is 3. The fraction of sp³-hybridized carbons (Fsp3) is 0.0625. The molecule has 0 bridgehead atoms. The Morgan fingerprint density at radius 3 is 1.78 bits per heavy atom. The van der Waals surface area contributed by atoms with Crippen LogP contribution in [0.4, 0.5) is 0 Å². The Hall–Kier alpha value is -6.45. The van der Waals surface area contributed by atoms with Crippen molar-refractivity contribution in [3.63, 3.8) is 0 Å². The molecule has 244 valence electrons. The summed E-state index contributed by atoms with van der Waals surface area (Å²) in [6, 6.07) is 60.9. The molecule has 0 aliphatic heterocycles. The second-order valence-corrected chi connectivity index (χ2v) is 13.5. The van der Waals surface area contributed by atoms with E-state index in [0.717, 1.165) is 38.9 Å². The lowest BCUT2D eigenvalue weighted by molar-refractivity contribution is 0.660. The van der Waals surface area contributed by atoms with Crippen LogP contribution < -0.4 is 0 Å². The van der Waals surface area contributed by atoms with E-state index in [1.54, 1.807) is 0 Å². The molecule has 0 spiro atoms. The van der Waals surface area contributed by atoms with Gasteiger partial charge in [-0.1, -0.05) is 166 Å². The zero-order valence-electron chi connectivity index (χ0n) is 28.7. The van der Waals surface area contributed by atoms with E-state index in [2.05, 4.69) is 117 Å². The number of amidine groups is 2. The number of benzene rings is 7. The van der Waals surface area contributed by atoms with Crippen molar-refractivity contribution in [2.45, 2.75) is 19.3 Å². The third-order valence-corrected chi connectivity index (χ3v) is 9.83. The van der Waals surface area contributed by atoms with Gasteiger partial charge >= 0.3 is 0 Å². The van der Waals surface area contributed by atoms with E-state index in [1.807, 2.05) is 79.0 Å². The summed E-state index contributed by atoms with van der Waals surface area (Å²) in [7, 11) is 0. The van der Waals surface area contributed by atoms with E-state index < -0.39 is 0 Å². The molecule has 7 aromatic rings. The maximum Gasteiger partial charge on any atom is 0.161 e. The third kappa shape index (κ3) is 6.38. The summed E-state index contributed by atoms with van der Waals surface area (Å²) >= 11 is 0. The van der Waals surface area contributed by atoms with Crippen LogP contribution in [-0.4, -0.2) is 17.9 Å². The first-order valence-corrected chi connectivity index (χ1v) is 17.3. The molecule has 51 heavy (non-hydrogen) atoms. The first-order chi connectivity index (χ1) is 24.9. The Labute approximate surface area is 299 Å². The van der Waals surface area contributed by atoms with E-state index in [1.165, 1.54) is 33.4 Å². The predicted molar refractivity (Wildman–Crippen MR) is 214 cm³/mol. The first-order valence-electron chi connectivity index (χ1n) is 17.3. The Kier molecular flexibility index (Phi) is 8.39. The van der Waals surface area contributed by atoms with Crippen molar-refractivity contribution >= 4 is 17.9 Å². The lowest BCUT2D eigenvalue weighted by atomic mass is 9.81. The highest BCUT2D eigenvalue weighted by molar-refractivity contribution is 6.13. The van der Waals surface area contributed by atoms with Crippen LogP contribution in [0.25, 0.3) is 44.5 Å². The predicted octanol–water partition coefficient (Wildman–Crippen LogP) is 11.9. The smallest absolute Gasteiger partial charge is 0.161 e. The van der Waals surface area contributed by atoms with Gasteiger partial charge < -0.3 is 0 Å². The summed E-state index contributed by atoms with van der Waals surface area (Å²) in [5.41, 5.74) is 14.7. The molecule has 8 rings (SSSR count). The topological polar surface area (TPSA) is 48.6 Å². The molecule has 0 atom stereocenters. The van der Waals surface area contributed by atoms with Gasteiger partial charge in [0.1, 0.15) is 0 Å². The Bertz CT molecular complexity index is 2450. The van der Waals surface area contributed by atoms with Gasteiger partial charge in [0.15, 0.2) is 11.7 Å². The van der Waals surface area contributed by atoms with Crippen molar-refractivity contribution in [1.82, 2.24) is 0 Å². The molecule has 0 amide bonds. The van der Waals surface area contributed by atoms with Gasteiger partial charge in [-0.2, -0.15) is 0 Å². The summed E-state index contributed by atoms with van der Waals surface area (Å²) < 4.78 is 0. The Morgan fingerprint density at radius 1 is 0.471 bits per heavy atom. The molecule has 1 N–H and O–H groups in total. The molecular weight excluding hydrogens is 619 g/mol. The van der Waals surface area contributed by atoms with E-state index in [4.69, 9.17) is 15.4 Å². The highest BCUT2D eigenvalue weighted by atomic mass is 14.9. The van der Waals surface area contributed by atoms with Gasteiger partial charge in [0.2, 0.25) is 0 Å². The molecule has 3 nitrogen and oxygen atoms in total. The summed E-state index contributed by atoms with van der Waals surface area (Å²) in [6.07, 6.45) is 1.84. The molecule has 0 saturated carbocycles. The fourth-order valence-corrected chi connectivity index (χ4v) is 7.10. The standard InChI is InChI=1S/C48H37N3/c1-48(2)44-25-10-9-24-42(44)43-27-26-40(31-45(43)48)38-21-12-20-37(29-38)39-22-13-23-41(30-39)47(51-46(49)35-17-7-4-8-18-35)50-32-33-14-11-19-36(28-33)34-15-5-3-6-16-34/h3-32,49H,1-2H3. The zero-order valence-corrected chi connectivity index (χ0v) is 28.7. The second-order valence-electron chi connectivity index (χ2n) is 13.5. The lowest BCUT2D eigenvalue weighted by Gasteiger charge is -2.22. The highest BCUT2D eigenvalue weighted by Gasteiger charge is 2.35. The molecule has 0 fully saturated rings. The number of aliphatic imine (C=N–C) groups is 2. The summed E-state index contributed by atoms with van der Waals surface area (Å²) in [5, 5.41) is 8.84. The highest BCUT2D eigenvalue weighted by Crippen LogP contribution is 2.49. The second kappa shape index (κ2) is 13.5. The van der Waals surface area contributed by atoms with Crippen molar-refractivity contribution in [1.29, 1.82) is 5.41 Å². The molecule has 0 saturated heterocycles. The summed E-state index contributed by atoms with van der Waals surface area (Å²) in [5.74, 6) is 0.641. The van der Waals surface area contributed by atoms with Gasteiger partial charge in [0, 0.05) is 22.8 Å². The lowest BCUT2D eigenvalue weighted by Crippen LogP contribution is -2.14. The molecular formula is C48H37N3. The van der Waals surface area contributed by atoms with Gasteiger partial charge in [0.25, 0.3) is 0 Å². The Morgan fingerprint density at radius 2 is 1.02 bits per heavy atom. The van der Waals surface area contributed by atoms with Crippen molar-refractivity contribution < 1.29 is 0 Å². The van der Waals surface area contributed by atoms with Gasteiger partial charge in [-0.05, 0) is 85.5 Å². The largest absolute Gasteiger partial charge is 0.282 e. The average molecular weight is 656 g/mol. The molecule has 7 aromatic carbocycles. The normalized spacial score (nSPS) is 13.2. The molecule has 1 aliphatic carbocycles. The average Bonchev–Trinajstić information content (AvgIpc) is 3.42. The van der Waals surface area contributed by atoms with Crippen LogP contribution in [0.2, 0.25) is 0 Å². The van der Waals surface area contributed by atoms with Gasteiger partial charge in [0.05, 0.1) is 0 Å². The molecule has 0 unspecified atom stereocenters. The maximum atomic E-state index is 8.84. The van der Waals surface area contributed by atoms with Crippen LogP contribution in [-0.2, 0) is 5.41 Å². The molecule has 3 heteroatoms. The van der Waals surface area contributed by atoms with Crippen molar-refractivity contribution in [2.75, 3.05) is 0 Å². The van der Waals surface area contributed by atoms with Crippen molar-refractivity contribution in [2.24, 2.45) is 9.98 Å². The minimum atomic E-state index is -0.0551.